The lowest BCUT2D eigenvalue weighted by Gasteiger charge is -2.17. The molecule has 0 saturated carbocycles. The molecule has 2 aromatic carbocycles. The molecule has 30 heavy (non-hydrogen) atoms. The van der Waals surface area contributed by atoms with Gasteiger partial charge in [-0.05, 0) is 42.2 Å². The third-order valence-corrected chi connectivity index (χ3v) is 4.52. The van der Waals surface area contributed by atoms with E-state index in [2.05, 4.69) is 14.8 Å². The Bertz CT molecular complexity index is 1070. The van der Waals surface area contributed by atoms with Crippen LogP contribution in [0.2, 0.25) is 5.02 Å². The molecule has 2 N–H and O–H groups in total. The molecular formula is C21H20ClN3O5. The lowest BCUT2D eigenvalue weighted by molar-refractivity contribution is -0.143. The van der Waals surface area contributed by atoms with Crippen molar-refractivity contribution in [2.75, 3.05) is 6.61 Å². The van der Waals surface area contributed by atoms with Crippen LogP contribution in [0.1, 0.15) is 29.6 Å². The summed E-state index contributed by atoms with van der Waals surface area (Å²) in [6.45, 7) is 1.94. The summed E-state index contributed by atoms with van der Waals surface area (Å²) in [5.41, 5.74) is 2.88. The largest absolute Gasteiger partial charge is 0.466 e. The summed E-state index contributed by atoms with van der Waals surface area (Å²) in [6.07, 6.45) is 0.333. The first-order valence-electron chi connectivity index (χ1n) is 9.31. The molecular weight excluding hydrogens is 410 g/mol. The number of halogens is 1. The van der Waals surface area contributed by atoms with E-state index >= 15 is 0 Å². The minimum Gasteiger partial charge on any atom is -0.466 e. The van der Waals surface area contributed by atoms with Crippen LogP contribution in [-0.2, 0) is 16.0 Å². The van der Waals surface area contributed by atoms with Crippen LogP contribution in [0.25, 0.3) is 11.1 Å². The highest BCUT2D eigenvalue weighted by Gasteiger charge is 2.21. The summed E-state index contributed by atoms with van der Waals surface area (Å²) in [5.74, 6) is -2.37. The van der Waals surface area contributed by atoms with E-state index in [4.69, 9.17) is 16.3 Å². The molecule has 8 nitrogen and oxygen atoms in total. The Kier molecular flexibility index (Phi) is 7.03. The molecule has 1 aromatic heterocycles. The van der Waals surface area contributed by atoms with Gasteiger partial charge in [0.2, 0.25) is 0 Å². The van der Waals surface area contributed by atoms with Crippen LogP contribution < -0.4 is 11.1 Å². The molecule has 1 atom stereocenters. The number of nitrogens with one attached hydrogen (secondary N) is 2. The average Bonchev–Trinajstić information content (AvgIpc) is 3.15. The highest BCUT2D eigenvalue weighted by Crippen LogP contribution is 2.23. The van der Waals surface area contributed by atoms with Gasteiger partial charge in [0.15, 0.2) is 0 Å². The second-order valence-electron chi connectivity index (χ2n) is 6.51. The van der Waals surface area contributed by atoms with Gasteiger partial charge in [-0.25, -0.2) is 9.89 Å². The maximum atomic E-state index is 12.3. The van der Waals surface area contributed by atoms with Gasteiger partial charge in [0, 0.05) is 11.1 Å². The number of carbonyl (C=O) groups excluding carboxylic acids is 2. The molecule has 0 aliphatic heterocycles. The van der Waals surface area contributed by atoms with Crippen LogP contribution in [0.3, 0.4) is 0 Å². The van der Waals surface area contributed by atoms with Crippen LogP contribution >= 0.6 is 11.6 Å². The predicted octanol–water partition coefficient (Wildman–Crippen LogP) is 2.98. The number of aromatic nitrogens is 2. The van der Waals surface area contributed by atoms with Gasteiger partial charge in [-0.15, -0.1) is 5.10 Å². The van der Waals surface area contributed by atoms with E-state index in [9.17, 15) is 14.4 Å². The summed E-state index contributed by atoms with van der Waals surface area (Å²) in [7, 11) is 0. The maximum absolute atomic E-state index is 12.3. The number of amides is 1. The van der Waals surface area contributed by atoms with Crippen molar-refractivity contribution in [1.29, 1.82) is 0 Å². The van der Waals surface area contributed by atoms with Crippen molar-refractivity contribution in [3.8, 4) is 11.1 Å². The third-order valence-electron chi connectivity index (χ3n) is 4.28. The van der Waals surface area contributed by atoms with Gasteiger partial charge >= 0.3 is 23.5 Å². The highest BCUT2D eigenvalue weighted by atomic mass is 35.5. The standard InChI is InChI=1S/C21H20ClN3O5/c1-2-29-18(26)12-17(23-19(27)20-24-25-21(28)30-20)10-13-6-8-14(9-7-13)15-4-3-5-16(22)11-15/h3-9,11,17H,2,10,12H2,1H3,(H,23,27)(H,25,28)/t17-/m1/s1. The van der Waals surface area contributed by atoms with E-state index in [0.29, 0.717) is 11.4 Å². The minimum absolute atomic E-state index is 0.0374. The van der Waals surface area contributed by atoms with Gasteiger partial charge in [-0.1, -0.05) is 48.0 Å². The van der Waals surface area contributed by atoms with E-state index in [1.54, 1.807) is 6.92 Å². The first-order chi connectivity index (χ1) is 14.4. The molecule has 3 rings (SSSR count). The number of rotatable bonds is 8. The van der Waals surface area contributed by atoms with Crippen molar-refractivity contribution >= 4 is 23.5 Å². The Morgan fingerprint density at radius 1 is 1.20 bits per heavy atom. The molecule has 0 aliphatic carbocycles. The van der Waals surface area contributed by atoms with Crippen LogP contribution in [-0.4, -0.2) is 34.7 Å². The second kappa shape index (κ2) is 9.89. The Balaban J connectivity index is 1.73. The molecule has 0 radical (unpaired) electrons. The first-order valence-corrected chi connectivity index (χ1v) is 9.69. The van der Waals surface area contributed by atoms with E-state index in [-0.39, 0.29) is 13.0 Å². The molecule has 9 heteroatoms. The van der Waals surface area contributed by atoms with Crippen molar-refractivity contribution in [2.45, 2.75) is 25.8 Å². The number of aromatic amines is 1. The van der Waals surface area contributed by atoms with Gasteiger partial charge in [-0.2, -0.15) is 0 Å². The maximum Gasteiger partial charge on any atom is 0.434 e. The van der Waals surface area contributed by atoms with Crippen molar-refractivity contribution in [3.63, 3.8) is 0 Å². The van der Waals surface area contributed by atoms with E-state index in [0.717, 1.165) is 16.7 Å². The Morgan fingerprint density at radius 2 is 1.97 bits per heavy atom. The summed E-state index contributed by atoms with van der Waals surface area (Å²) in [5, 5.41) is 8.84. The van der Waals surface area contributed by atoms with Gasteiger partial charge in [0.25, 0.3) is 0 Å². The number of ether oxygens (including phenoxy) is 1. The minimum atomic E-state index is -0.835. The van der Waals surface area contributed by atoms with Gasteiger partial charge in [0.05, 0.1) is 13.0 Å². The second-order valence-corrected chi connectivity index (χ2v) is 6.95. The fraction of sp³-hybridized carbons (Fsp3) is 0.238. The number of H-pyrrole nitrogens is 1. The molecule has 0 bridgehead atoms. The van der Waals surface area contributed by atoms with Crippen molar-refractivity contribution in [2.24, 2.45) is 0 Å². The summed E-state index contributed by atoms with van der Waals surface area (Å²) in [6, 6.07) is 14.7. The fourth-order valence-corrected chi connectivity index (χ4v) is 3.15. The first kappa shape index (κ1) is 21.3. The van der Waals surface area contributed by atoms with E-state index in [1.807, 2.05) is 53.6 Å². The number of nitrogens with zero attached hydrogens (tertiary/aromatic N) is 1. The summed E-state index contributed by atoms with van der Waals surface area (Å²) < 4.78 is 9.65. The van der Waals surface area contributed by atoms with E-state index < -0.39 is 29.6 Å². The monoisotopic (exact) mass is 429 g/mol. The lowest BCUT2D eigenvalue weighted by Crippen LogP contribution is -2.38. The zero-order valence-corrected chi connectivity index (χ0v) is 16.9. The quantitative estimate of drug-likeness (QED) is 0.532. The van der Waals surface area contributed by atoms with Crippen molar-refractivity contribution in [1.82, 2.24) is 15.5 Å². The molecule has 0 fully saturated rings. The molecule has 0 spiro atoms. The van der Waals surface area contributed by atoms with Crippen molar-refractivity contribution < 1.29 is 18.7 Å². The molecule has 3 aromatic rings. The Hall–Kier alpha value is -3.39. The number of esters is 1. The lowest BCUT2D eigenvalue weighted by atomic mass is 9.99. The zero-order valence-electron chi connectivity index (χ0n) is 16.2. The van der Waals surface area contributed by atoms with Crippen LogP contribution in [0, 0.1) is 0 Å². The highest BCUT2D eigenvalue weighted by molar-refractivity contribution is 6.30. The number of carbonyl (C=O) groups is 2. The molecule has 156 valence electrons. The fourth-order valence-electron chi connectivity index (χ4n) is 2.96. The van der Waals surface area contributed by atoms with Gasteiger partial charge < -0.3 is 14.5 Å². The summed E-state index contributed by atoms with van der Waals surface area (Å²) in [4.78, 5) is 35.3. The zero-order chi connectivity index (χ0) is 21.5. The van der Waals surface area contributed by atoms with Crippen LogP contribution in [0.15, 0.2) is 57.7 Å². The molecule has 0 unspecified atom stereocenters. The third kappa shape index (κ3) is 5.81. The molecule has 1 heterocycles. The van der Waals surface area contributed by atoms with E-state index in [1.165, 1.54) is 0 Å². The topological polar surface area (TPSA) is 114 Å². The number of hydrogen-bond donors (Lipinski definition) is 2. The Morgan fingerprint density at radius 3 is 2.60 bits per heavy atom. The van der Waals surface area contributed by atoms with Crippen LogP contribution in [0.4, 0.5) is 0 Å². The molecule has 0 aliphatic rings. The van der Waals surface area contributed by atoms with Crippen LogP contribution in [0.5, 0.6) is 0 Å². The van der Waals surface area contributed by atoms with Gasteiger partial charge in [0.1, 0.15) is 0 Å². The van der Waals surface area contributed by atoms with Gasteiger partial charge in [-0.3, -0.25) is 9.59 Å². The summed E-state index contributed by atoms with van der Waals surface area (Å²) >= 11 is 6.05. The molecule has 1 amide bonds. The van der Waals surface area contributed by atoms with Crippen molar-refractivity contribution in [3.05, 3.63) is 75.6 Å². The number of benzene rings is 2. The molecule has 0 saturated heterocycles. The Labute approximate surface area is 177 Å². The normalized spacial score (nSPS) is 11.7. The number of hydrogen-bond acceptors (Lipinski definition) is 6. The average molecular weight is 430 g/mol. The smallest absolute Gasteiger partial charge is 0.434 e. The SMILES string of the molecule is CCOC(=O)C[C@@H](Cc1ccc(-c2cccc(Cl)c2)cc1)NC(=O)c1n[nH]c(=O)o1. The predicted molar refractivity (Wildman–Crippen MR) is 110 cm³/mol.